The molecule has 2 rings (SSSR count). The van der Waals surface area contributed by atoms with Crippen LogP contribution in [0.3, 0.4) is 0 Å². The van der Waals surface area contributed by atoms with Crippen LogP contribution in [0.25, 0.3) is 0 Å². The molecule has 0 spiro atoms. The highest BCUT2D eigenvalue weighted by molar-refractivity contribution is 7.91. The van der Waals surface area contributed by atoms with Gasteiger partial charge in [0.1, 0.15) is 11.7 Å². The Morgan fingerprint density at radius 2 is 2.00 bits per heavy atom. The van der Waals surface area contributed by atoms with Crippen LogP contribution < -0.4 is 5.73 Å². The van der Waals surface area contributed by atoms with Crippen LogP contribution >= 0.6 is 0 Å². The van der Waals surface area contributed by atoms with Crippen molar-refractivity contribution in [1.82, 2.24) is 4.90 Å². The summed E-state index contributed by atoms with van der Waals surface area (Å²) in [5.41, 5.74) is 6.13. The summed E-state index contributed by atoms with van der Waals surface area (Å²) in [6.45, 7) is 1.23. The molecule has 19 heavy (non-hydrogen) atoms. The molecule has 1 aromatic rings. The minimum absolute atomic E-state index is 0.125. The number of amidine groups is 1. The molecule has 5 nitrogen and oxygen atoms in total. The number of rotatable bonds is 3. The second-order valence-corrected chi connectivity index (χ2v) is 6.95. The summed E-state index contributed by atoms with van der Waals surface area (Å²) in [4.78, 5) is 1.91. The van der Waals surface area contributed by atoms with Crippen molar-refractivity contribution in [3.63, 3.8) is 0 Å². The number of benzene rings is 1. The third-order valence-corrected chi connectivity index (χ3v) is 4.80. The van der Waals surface area contributed by atoms with Crippen molar-refractivity contribution in [2.24, 2.45) is 5.73 Å². The van der Waals surface area contributed by atoms with Crippen LogP contribution in [-0.2, 0) is 16.4 Å². The van der Waals surface area contributed by atoms with Crippen molar-refractivity contribution in [3.05, 3.63) is 35.1 Å². The van der Waals surface area contributed by atoms with Gasteiger partial charge in [-0.25, -0.2) is 12.8 Å². The minimum atomic E-state index is -2.92. The molecule has 1 heterocycles. The first kappa shape index (κ1) is 14.0. The fourth-order valence-corrected chi connectivity index (χ4v) is 3.27. The SMILES string of the molecule is N=C(N)c1ccc(CN2CCS(=O)(=O)CC2)c(F)c1. The molecule has 0 aromatic heterocycles. The van der Waals surface area contributed by atoms with Crippen molar-refractivity contribution in [3.8, 4) is 0 Å². The number of nitrogens with two attached hydrogens (primary N) is 1. The zero-order valence-electron chi connectivity index (χ0n) is 10.4. The Bertz CT molecular complexity index is 587. The van der Waals surface area contributed by atoms with E-state index in [0.717, 1.165) is 0 Å². The molecule has 1 aromatic carbocycles. The Morgan fingerprint density at radius 1 is 1.37 bits per heavy atom. The fourth-order valence-electron chi connectivity index (χ4n) is 1.99. The Labute approximate surface area is 111 Å². The highest BCUT2D eigenvalue weighted by atomic mass is 32.2. The van der Waals surface area contributed by atoms with E-state index in [1.807, 2.05) is 4.90 Å². The maximum atomic E-state index is 13.8. The van der Waals surface area contributed by atoms with Gasteiger partial charge in [0, 0.05) is 30.8 Å². The van der Waals surface area contributed by atoms with Crippen LogP contribution in [0.15, 0.2) is 18.2 Å². The lowest BCUT2D eigenvalue weighted by Crippen LogP contribution is -2.39. The van der Waals surface area contributed by atoms with E-state index >= 15 is 0 Å². The van der Waals surface area contributed by atoms with Crippen molar-refractivity contribution in [1.29, 1.82) is 5.41 Å². The summed E-state index contributed by atoms with van der Waals surface area (Å²) in [6.07, 6.45) is 0. The van der Waals surface area contributed by atoms with Gasteiger partial charge in [0.25, 0.3) is 0 Å². The second kappa shape index (κ2) is 5.26. The molecule has 0 amide bonds. The van der Waals surface area contributed by atoms with Crippen molar-refractivity contribution >= 4 is 15.7 Å². The quantitative estimate of drug-likeness (QED) is 0.619. The maximum Gasteiger partial charge on any atom is 0.152 e. The highest BCUT2D eigenvalue weighted by Crippen LogP contribution is 2.14. The lowest BCUT2D eigenvalue weighted by atomic mass is 10.1. The van der Waals surface area contributed by atoms with E-state index in [2.05, 4.69) is 0 Å². The Hall–Kier alpha value is -1.47. The minimum Gasteiger partial charge on any atom is -0.384 e. The zero-order chi connectivity index (χ0) is 14.0. The predicted octanol–water partition coefficient (Wildman–Crippen LogP) is 0.340. The normalized spacial score (nSPS) is 19.2. The molecular formula is C12H16FN3O2S. The summed E-state index contributed by atoms with van der Waals surface area (Å²) >= 11 is 0. The monoisotopic (exact) mass is 285 g/mol. The first-order valence-electron chi connectivity index (χ1n) is 5.93. The van der Waals surface area contributed by atoms with Gasteiger partial charge in [-0.15, -0.1) is 0 Å². The molecule has 0 radical (unpaired) electrons. The highest BCUT2D eigenvalue weighted by Gasteiger charge is 2.22. The van der Waals surface area contributed by atoms with Gasteiger partial charge in [-0.3, -0.25) is 10.3 Å². The molecular weight excluding hydrogens is 269 g/mol. The second-order valence-electron chi connectivity index (χ2n) is 4.65. The van der Waals surface area contributed by atoms with E-state index in [1.165, 1.54) is 6.07 Å². The molecule has 0 bridgehead atoms. The average molecular weight is 285 g/mol. The van der Waals surface area contributed by atoms with E-state index in [9.17, 15) is 12.8 Å². The smallest absolute Gasteiger partial charge is 0.152 e. The fraction of sp³-hybridized carbons (Fsp3) is 0.417. The topological polar surface area (TPSA) is 87.2 Å². The largest absolute Gasteiger partial charge is 0.384 e. The number of nitrogens with one attached hydrogen (secondary N) is 1. The van der Waals surface area contributed by atoms with Crippen molar-refractivity contribution in [2.45, 2.75) is 6.54 Å². The summed E-state index contributed by atoms with van der Waals surface area (Å²) in [5, 5.41) is 7.23. The Balaban J connectivity index is 2.06. The van der Waals surface area contributed by atoms with Crippen LogP contribution in [0.1, 0.15) is 11.1 Å². The first-order chi connectivity index (χ1) is 8.87. The van der Waals surface area contributed by atoms with Crippen LogP contribution in [-0.4, -0.2) is 43.7 Å². The van der Waals surface area contributed by atoms with E-state index < -0.39 is 15.7 Å². The van der Waals surface area contributed by atoms with Crippen LogP contribution in [0, 0.1) is 11.2 Å². The third-order valence-electron chi connectivity index (χ3n) is 3.20. The molecule has 1 saturated heterocycles. The molecule has 0 atom stereocenters. The zero-order valence-corrected chi connectivity index (χ0v) is 11.2. The predicted molar refractivity (Wildman–Crippen MR) is 71.3 cm³/mol. The van der Waals surface area contributed by atoms with Gasteiger partial charge in [0.15, 0.2) is 9.84 Å². The van der Waals surface area contributed by atoms with Gasteiger partial charge in [-0.1, -0.05) is 12.1 Å². The standard InChI is InChI=1S/C12H16FN3O2S/c13-11-7-9(12(14)15)1-2-10(11)8-16-3-5-19(17,18)6-4-16/h1-2,7H,3-6,8H2,(H3,14,15). The van der Waals surface area contributed by atoms with Gasteiger partial charge in [-0.05, 0) is 6.07 Å². The van der Waals surface area contributed by atoms with E-state index in [-0.39, 0.29) is 17.3 Å². The summed E-state index contributed by atoms with van der Waals surface area (Å²) in [5.74, 6) is -0.337. The lowest BCUT2D eigenvalue weighted by molar-refractivity contribution is 0.283. The number of nitrogens with zero attached hydrogens (tertiary/aromatic N) is 1. The van der Waals surface area contributed by atoms with Gasteiger partial charge in [0.2, 0.25) is 0 Å². The average Bonchev–Trinajstić information content (AvgIpc) is 2.34. The van der Waals surface area contributed by atoms with Gasteiger partial charge >= 0.3 is 0 Å². The first-order valence-corrected chi connectivity index (χ1v) is 7.75. The number of sulfone groups is 1. The molecule has 3 N–H and O–H groups in total. The van der Waals surface area contributed by atoms with Gasteiger partial charge < -0.3 is 5.73 Å². The molecule has 104 valence electrons. The van der Waals surface area contributed by atoms with Crippen LogP contribution in [0.5, 0.6) is 0 Å². The van der Waals surface area contributed by atoms with Gasteiger partial charge in [0.05, 0.1) is 11.5 Å². The van der Waals surface area contributed by atoms with Gasteiger partial charge in [-0.2, -0.15) is 0 Å². The Morgan fingerprint density at radius 3 is 2.53 bits per heavy atom. The number of nitrogen functional groups attached to an aromatic ring is 1. The maximum absolute atomic E-state index is 13.8. The van der Waals surface area contributed by atoms with E-state index in [4.69, 9.17) is 11.1 Å². The van der Waals surface area contributed by atoms with E-state index in [0.29, 0.717) is 30.8 Å². The van der Waals surface area contributed by atoms with Crippen LogP contribution in [0.2, 0.25) is 0 Å². The van der Waals surface area contributed by atoms with Crippen molar-refractivity contribution < 1.29 is 12.8 Å². The number of hydrogen-bond acceptors (Lipinski definition) is 4. The molecule has 1 aliphatic heterocycles. The molecule has 1 fully saturated rings. The van der Waals surface area contributed by atoms with Crippen molar-refractivity contribution in [2.75, 3.05) is 24.6 Å². The summed E-state index contributed by atoms with van der Waals surface area (Å²) < 4.78 is 36.4. The third kappa shape index (κ3) is 3.51. The molecule has 7 heteroatoms. The Kier molecular flexibility index (Phi) is 3.86. The van der Waals surface area contributed by atoms with E-state index in [1.54, 1.807) is 12.1 Å². The molecule has 0 aliphatic carbocycles. The summed E-state index contributed by atoms with van der Waals surface area (Å²) in [6, 6.07) is 4.43. The summed E-state index contributed by atoms with van der Waals surface area (Å²) in [7, 11) is -2.92. The number of halogens is 1. The van der Waals surface area contributed by atoms with Crippen LogP contribution in [0.4, 0.5) is 4.39 Å². The molecule has 0 unspecified atom stereocenters. The molecule has 1 aliphatic rings. The molecule has 0 saturated carbocycles. The lowest BCUT2D eigenvalue weighted by Gasteiger charge is -2.26. The number of hydrogen-bond donors (Lipinski definition) is 2.